The van der Waals surface area contributed by atoms with Gasteiger partial charge in [-0.05, 0) is 50.3 Å². The second-order valence-electron chi connectivity index (χ2n) is 7.29. The average molecular weight is 390 g/mol. The van der Waals surface area contributed by atoms with Crippen molar-refractivity contribution in [2.45, 2.75) is 39.2 Å². The molecule has 4 rings (SSSR count). The first kappa shape index (κ1) is 19.0. The maximum Gasteiger partial charge on any atom is 0.253 e. The molecule has 1 aliphatic carbocycles. The van der Waals surface area contributed by atoms with E-state index in [0.29, 0.717) is 11.5 Å². The maximum atomic E-state index is 12.3. The van der Waals surface area contributed by atoms with Crippen LogP contribution >= 0.6 is 0 Å². The van der Waals surface area contributed by atoms with Gasteiger partial charge in [-0.25, -0.2) is 9.67 Å². The Labute approximate surface area is 170 Å². The lowest BCUT2D eigenvalue weighted by Crippen LogP contribution is -2.19. The second-order valence-corrected chi connectivity index (χ2v) is 7.29. The van der Waals surface area contributed by atoms with E-state index in [4.69, 9.17) is 0 Å². The Balaban J connectivity index is 1.67. The molecule has 0 atom stereocenters. The van der Waals surface area contributed by atoms with Crippen molar-refractivity contribution >= 4 is 28.9 Å². The summed E-state index contributed by atoms with van der Waals surface area (Å²) in [6.07, 6.45) is 4.27. The van der Waals surface area contributed by atoms with E-state index in [1.807, 2.05) is 54.2 Å². The van der Waals surface area contributed by atoms with Crippen molar-refractivity contribution in [2.75, 3.05) is 17.7 Å². The quantitative estimate of drug-likeness (QED) is 0.559. The summed E-state index contributed by atoms with van der Waals surface area (Å²) in [4.78, 5) is 16.9. The Hall–Kier alpha value is -3.35. The van der Waals surface area contributed by atoms with Crippen LogP contribution in [0.3, 0.4) is 0 Å². The van der Waals surface area contributed by atoms with Crippen molar-refractivity contribution in [3.63, 3.8) is 0 Å². The van der Waals surface area contributed by atoms with Gasteiger partial charge in [0.25, 0.3) is 5.91 Å². The van der Waals surface area contributed by atoms with E-state index in [0.717, 1.165) is 35.2 Å². The van der Waals surface area contributed by atoms with Crippen molar-refractivity contribution < 1.29 is 4.79 Å². The van der Waals surface area contributed by atoms with Crippen LogP contribution in [0, 0.1) is 6.92 Å². The van der Waals surface area contributed by atoms with Crippen LogP contribution in [0.2, 0.25) is 0 Å². The molecule has 2 heterocycles. The molecular weight excluding hydrogens is 364 g/mol. The molecule has 150 valence electrons. The van der Waals surface area contributed by atoms with Gasteiger partial charge in [0, 0.05) is 37.6 Å². The van der Waals surface area contributed by atoms with E-state index in [1.165, 1.54) is 18.4 Å². The second kappa shape index (κ2) is 7.95. The summed E-state index contributed by atoms with van der Waals surface area (Å²) >= 11 is 0. The van der Waals surface area contributed by atoms with Crippen LogP contribution in [0.4, 0.5) is 23.0 Å². The van der Waals surface area contributed by atoms with Gasteiger partial charge in [0.2, 0.25) is 0 Å². The lowest BCUT2D eigenvalue weighted by Gasteiger charge is -2.16. The van der Waals surface area contributed by atoms with Crippen LogP contribution < -0.4 is 16.0 Å². The monoisotopic (exact) mass is 390 g/mol. The van der Waals surface area contributed by atoms with E-state index >= 15 is 0 Å². The summed E-state index contributed by atoms with van der Waals surface area (Å²) in [7, 11) is 1.64. The van der Waals surface area contributed by atoms with Crippen molar-refractivity contribution in [1.82, 2.24) is 20.1 Å². The number of para-hydroxylation sites is 1. The van der Waals surface area contributed by atoms with Gasteiger partial charge < -0.3 is 16.0 Å². The number of nitrogens with zero attached hydrogens (tertiary/aromatic N) is 3. The standard InChI is InChI=1S/C22H26N6O/c1-4-28-21(11-14(2)27-28)26-20-12-19(17(13-24-20)15-9-10-15)25-18-8-6-5-7-16(18)22(29)23-3/h5-8,11-13,15H,4,9-10H2,1-3H3,(H,23,29)(H2,24,25,26). The van der Waals surface area contributed by atoms with Crippen LogP contribution in [-0.4, -0.2) is 27.7 Å². The molecular formula is C22H26N6O. The molecule has 7 heteroatoms. The number of hydrogen-bond donors (Lipinski definition) is 3. The third-order valence-corrected chi connectivity index (χ3v) is 5.08. The maximum absolute atomic E-state index is 12.3. The van der Waals surface area contributed by atoms with Crippen molar-refractivity contribution in [3.8, 4) is 0 Å². The van der Waals surface area contributed by atoms with E-state index in [-0.39, 0.29) is 5.91 Å². The van der Waals surface area contributed by atoms with E-state index in [9.17, 15) is 4.79 Å². The summed E-state index contributed by atoms with van der Waals surface area (Å²) in [5.41, 5.74) is 4.51. The Kier molecular flexibility index (Phi) is 5.20. The van der Waals surface area contributed by atoms with E-state index in [2.05, 4.69) is 33.0 Å². The molecule has 3 N–H and O–H groups in total. The fourth-order valence-corrected chi connectivity index (χ4v) is 3.45. The predicted molar refractivity (Wildman–Crippen MR) is 115 cm³/mol. The van der Waals surface area contributed by atoms with Gasteiger partial charge in [-0.3, -0.25) is 4.79 Å². The van der Waals surface area contributed by atoms with Crippen molar-refractivity contribution in [2.24, 2.45) is 0 Å². The highest BCUT2D eigenvalue weighted by molar-refractivity contribution is 6.00. The largest absolute Gasteiger partial charge is 0.355 e. The zero-order valence-corrected chi connectivity index (χ0v) is 17.0. The molecule has 0 aliphatic heterocycles. The highest BCUT2D eigenvalue weighted by Gasteiger charge is 2.27. The molecule has 1 fully saturated rings. The first-order valence-corrected chi connectivity index (χ1v) is 9.98. The molecule has 0 spiro atoms. The Morgan fingerprint density at radius 2 is 1.97 bits per heavy atom. The number of aryl methyl sites for hydroxylation is 2. The number of carbonyl (C=O) groups is 1. The molecule has 0 saturated heterocycles. The minimum atomic E-state index is -0.115. The Morgan fingerprint density at radius 1 is 1.17 bits per heavy atom. The van der Waals surface area contributed by atoms with Gasteiger partial charge in [-0.15, -0.1) is 0 Å². The first-order valence-electron chi connectivity index (χ1n) is 9.98. The van der Waals surface area contributed by atoms with E-state index < -0.39 is 0 Å². The number of aromatic nitrogens is 3. The molecule has 0 unspecified atom stereocenters. The van der Waals surface area contributed by atoms with Crippen molar-refractivity contribution in [3.05, 3.63) is 59.4 Å². The molecule has 7 nitrogen and oxygen atoms in total. The third-order valence-electron chi connectivity index (χ3n) is 5.08. The summed E-state index contributed by atoms with van der Waals surface area (Å²) in [5, 5.41) is 14.0. The SMILES string of the molecule is CCn1nc(C)cc1Nc1cc(Nc2ccccc2C(=O)NC)c(C2CC2)cn1. The van der Waals surface area contributed by atoms with E-state index in [1.54, 1.807) is 7.05 Å². The number of hydrogen-bond acceptors (Lipinski definition) is 5. The number of nitrogens with one attached hydrogen (secondary N) is 3. The number of rotatable bonds is 7. The minimum absolute atomic E-state index is 0.115. The topological polar surface area (TPSA) is 83.9 Å². The highest BCUT2D eigenvalue weighted by Crippen LogP contribution is 2.44. The minimum Gasteiger partial charge on any atom is -0.355 e. The number of benzene rings is 1. The zero-order valence-electron chi connectivity index (χ0n) is 17.0. The molecule has 1 saturated carbocycles. The third kappa shape index (κ3) is 4.08. The zero-order chi connectivity index (χ0) is 20.4. The van der Waals surface area contributed by atoms with Gasteiger partial charge in [-0.2, -0.15) is 5.10 Å². The molecule has 0 radical (unpaired) electrons. The lowest BCUT2D eigenvalue weighted by molar-refractivity contribution is 0.0964. The smallest absolute Gasteiger partial charge is 0.253 e. The fraction of sp³-hybridized carbons (Fsp3) is 0.318. The van der Waals surface area contributed by atoms with Crippen LogP contribution in [0.25, 0.3) is 0 Å². The lowest BCUT2D eigenvalue weighted by atomic mass is 10.1. The molecule has 1 amide bonds. The molecule has 1 aromatic carbocycles. The number of pyridine rings is 1. The predicted octanol–water partition coefficient (Wildman–Crippen LogP) is 4.33. The highest BCUT2D eigenvalue weighted by atomic mass is 16.1. The molecule has 1 aliphatic rings. The summed E-state index contributed by atoms with van der Waals surface area (Å²) in [6, 6.07) is 11.6. The van der Waals surface area contributed by atoms with Crippen LogP contribution in [0.1, 0.15) is 47.3 Å². The van der Waals surface area contributed by atoms with Gasteiger partial charge >= 0.3 is 0 Å². The van der Waals surface area contributed by atoms with Gasteiger partial charge in [0.05, 0.1) is 16.9 Å². The van der Waals surface area contributed by atoms with Crippen LogP contribution in [0.15, 0.2) is 42.6 Å². The fourth-order valence-electron chi connectivity index (χ4n) is 3.45. The molecule has 29 heavy (non-hydrogen) atoms. The van der Waals surface area contributed by atoms with Gasteiger partial charge in [0.15, 0.2) is 0 Å². The summed E-state index contributed by atoms with van der Waals surface area (Å²) in [5.74, 6) is 2.06. The summed E-state index contributed by atoms with van der Waals surface area (Å²) < 4.78 is 1.92. The average Bonchev–Trinajstić information content (AvgIpc) is 3.51. The Bertz CT molecular complexity index is 1040. The van der Waals surface area contributed by atoms with Gasteiger partial charge in [-0.1, -0.05) is 12.1 Å². The number of carbonyl (C=O) groups excluding carboxylic acids is 1. The molecule has 0 bridgehead atoms. The Morgan fingerprint density at radius 3 is 2.69 bits per heavy atom. The molecule has 3 aromatic rings. The van der Waals surface area contributed by atoms with Gasteiger partial charge in [0.1, 0.15) is 11.6 Å². The first-order chi connectivity index (χ1) is 14.1. The molecule has 2 aromatic heterocycles. The number of anilines is 4. The van der Waals surface area contributed by atoms with Crippen LogP contribution in [-0.2, 0) is 6.54 Å². The van der Waals surface area contributed by atoms with Crippen molar-refractivity contribution in [1.29, 1.82) is 0 Å². The van der Waals surface area contributed by atoms with Crippen LogP contribution in [0.5, 0.6) is 0 Å². The number of amides is 1. The normalized spacial score (nSPS) is 13.2. The summed E-state index contributed by atoms with van der Waals surface area (Å²) in [6.45, 7) is 4.81.